The number of nitrogens with zero attached hydrogens (tertiary/aromatic N) is 2. The van der Waals surface area contributed by atoms with Crippen molar-refractivity contribution in [3.63, 3.8) is 0 Å². The Morgan fingerprint density at radius 3 is 2.40 bits per heavy atom. The number of cyclic esters (lactones) is 1. The molecule has 1 aromatic heterocycles. The van der Waals surface area contributed by atoms with Crippen LogP contribution >= 0.6 is 0 Å². The first-order valence-electron chi connectivity index (χ1n) is 11.9. The largest absolute Gasteiger partial charge is 0.462 e. The topological polar surface area (TPSA) is 73.2 Å². The smallest absolute Gasteiger partial charge is 0.306 e. The number of amides is 1. The van der Waals surface area contributed by atoms with Crippen molar-refractivity contribution >= 4 is 11.9 Å². The summed E-state index contributed by atoms with van der Waals surface area (Å²) in [6.07, 6.45) is 2.45. The predicted molar refractivity (Wildman–Crippen MR) is 128 cm³/mol. The van der Waals surface area contributed by atoms with Gasteiger partial charge in [-0.25, -0.2) is 13.8 Å². The molecule has 2 heterocycles. The van der Waals surface area contributed by atoms with Crippen LogP contribution in [0.15, 0.2) is 48.5 Å². The average Bonchev–Trinajstić information content (AvgIpc) is 3.23. The van der Waals surface area contributed by atoms with Gasteiger partial charge in [-0.15, -0.1) is 0 Å². The zero-order chi connectivity index (χ0) is 24.9. The number of halogens is 2. The number of hydrogen-bond donors (Lipinski definition) is 1. The first-order valence-corrected chi connectivity index (χ1v) is 11.9. The maximum absolute atomic E-state index is 13.6. The molecule has 1 saturated heterocycles. The molecule has 0 saturated carbocycles. The second kappa shape index (κ2) is 10.8. The van der Waals surface area contributed by atoms with Crippen LogP contribution in [0.2, 0.25) is 0 Å². The Kier molecular flexibility index (Phi) is 7.58. The fraction of sp³-hybridized carbons (Fsp3) is 0.370. The number of nitrogens with one attached hydrogen (secondary N) is 1. The van der Waals surface area contributed by atoms with E-state index in [1.807, 2.05) is 18.4 Å². The van der Waals surface area contributed by atoms with Crippen molar-refractivity contribution in [1.82, 2.24) is 14.9 Å². The van der Waals surface area contributed by atoms with Gasteiger partial charge in [0.2, 0.25) is 0 Å². The SMILES string of the molecule is CC(C)c1c(C(=O)NCc2ccc(F)cc2)nc(-c2ccc(F)cc2)n1CCC1CCCC(=O)O1. The third-order valence-corrected chi connectivity index (χ3v) is 6.12. The molecule has 1 amide bonds. The quantitative estimate of drug-likeness (QED) is 0.439. The van der Waals surface area contributed by atoms with Crippen LogP contribution < -0.4 is 5.32 Å². The second-order valence-corrected chi connectivity index (χ2v) is 9.08. The molecular formula is C27H29F2N3O3. The highest BCUT2D eigenvalue weighted by Gasteiger charge is 2.27. The Labute approximate surface area is 203 Å². The van der Waals surface area contributed by atoms with E-state index in [-0.39, 0.29) is 42.1 Å². The van der Waals surface area contributed by atoms with E-state index in [1.165, 1.54) is 24.3 Å². The summed E-state index contributed by atoms with van der Waals surface area (Å²) in [6.45, 7) is 4.70. The molecule has 184 valence electrons. The molecular weight excluding hydrogens is 452 g/mol. The minimum Gasteiger partial charge on any atom is -0.462 e. The number of hydrogen-bond acceptors (Lipinski definition) is 4. The summed E-state index contributed by atoms with van der Waals surface area (Å²) in [5, 5.41) is 2.88. The highest BCUT2D eigenvalue weighted by atomic mass is 19.1. The second-order valence-electron chi connectivity index (χ2n) is 9.08. The average molecular weight is 482 g/mol. The summed E-state index contributed by atoms with van der Waals surface area (Å²) in [7, 11) is 0. The van der Waals surface area contributed by atoms with Gasteiger partial charge in [-0.1, -0.05) is 26.0 Å². The number of ether oxygens (including phenoxy) is 1. The fourth-order valence-electron chi connectivity index (χ4n) is 4.39. The van der Waals surface area contributed by atoms with Gasteiger partial charge < -0.3 is 14.6 Å². The lowest BCUT2D eigenvalue weighted by Gasteiger charge is -2.23. The molecule has 8 heteroatoms. The lowest BCUT2D eigenvalue weighted by molar-refractivity contribution is -0.154. The third kappa shape index (κ3) is 5.93. The van der Waals surface area contributed by atoms with E-state index < -0.39 is 0 Å². The number of rotatable bonds is 8. The van der Waals surface area contributed by atoms with Gasteiger partial charge in [-0.2, -0.15) is 0 Å². The lowest BCUT2D eigenvalue weighted by Crippen LogP contribution is -2.26. The van der Waals surface area contributed by atoms with E-state index in [0.717, 1.165) is 24.1 Å². The molecule has 0 aliphatic carbocycles. The Bertz CT molecular complexity index is 1190. The number of carbonyl (C=O) groups excluding carboxylic acids is 2. The molecule has 1 fully saturated rings. The monoisotopic (exact) mass is 481 g/mol. The summed E-state index contributed by atoms with van der Waals surface area (Å²) in [6, 6.07) is 11.9. The highest BCUT2D eigenvalue weighted by Crippen LogP contribution is 2.29. The van der Waals surface area contributed by atoms with Crippen molar-refractivity contribution in [2.75, 3.05) is 0 Å². The van der Waals surface area contributed by atoms with Crippen LogP contribution in [0, 0.1) is 11.6 Å². The molecule has 1 atom stereocenters. The first kappa shape index (κ1) is 24.6. The molecule has 35 heavy (non-hydrogen) atoms. The molecule has 2 aromatic carbocycles. The zero-order valence-electron chi connectivity index (χ0n) is 19.9. The van der Waals surface area contributed by atoms with Crippen LogP contribution in [0.4, 0.5) is 8.78 Å². The van der Waals surface area contributed by atoms with E-state index >= 15 is 0 Å². The standard InChI is InChI=1S/C27H29F2N3O3/c1-17(2)25-24(27(34)30-16-18-6-10-20(28)11-7-18)31-26(19-8-12-21(29)13-9-19)32(25)15-14-22-4-3-5-23(33)35-22/h6-13,17,22H,3-5,14-16H2,1-2H3,(H,30,34). The number of aromatic nitrogens is 2. The zero-order valence-corrected chi connectivity index (χ0v) is 19.9. The first-order chi connectivity index (χ1) is 16.8. The molecule has 1 unspecified atom stereocenters. The van der Waals surface area contributed by atoms with Crippen LogP contribution in [-0.2, 0) is 22.6 Å². The molecule has 0 bridgehead atoms. The number of benzene rings is 2. The van der Waals surface area contributed by atoms with Crippen LogP contribution in [0.25, 0.3) is 11.4 Å². The van der Waals surface area contributed by atoms with E-state index in [1.54, 1.807) is 24.3 Å². The van der Waals surface area contributed by atoms with Gasteiger partial charge in [0.1, 0.15) is 29.3 Å². The number of carbonyl (C=O) groups is 2. The Hall–Kier alpha value is -3.55. The highest BCUT2D eigenvalue weighted by molar-refractivity contribution is 5.94. The van der Waals surface area contributed by atoms with Gasteiger partial charge >= 0.3 is 5.97 Å². The van der Waals surface area contributed by atoms with Crippen molar-refractivity contribution in [1.29, 1.82) is 0 Å². The predicted octanol–water partition coefficient (Wildman–Crippen LogP) is 5.37. The van der Waals surface area contributed by atoms with Gasteiger partial charge in [0.05, 0.1) is 5.69 Å². The maximum Gasteiger partial charge on any atom is 0.306 e. The summed E-state index contributed by atoms with van der Waals surface area (Å²) < 4.78 is 34.3. The molecule has 1 aliphatic rings. The van der Waals surface area contributed by atoms with Gasteiger partial charge in [0.25, 0.3) is 5.91 Å². The van der Waals surface area contributed by atoms with Crippen LogP contribution in [0.3, 0.4) is 0 Å². The fourth-order valence-corrected chi connectivity index (χ4v) is 4.39. The molecule has 0 radical (unpaired) electrons. The molecule has 4 rings (SSSR count). The third-order valence-electron chi connectivity index (χ3n) is 6.12. The van der Waals surface area contributed by atoms with Gasteiger partial charge in [-0.3, -0.25) is 9.59 Å². The summed E-state index contributed by atoms with van der Waals surface area (Å²) in [5.41, 5.74) is 2.50. The van der Waals surface area contributed by atoms with E-state index in [4.69, 9.17) is 9.72 Å². The number of esters is 1. The van der Waals surface area contributed by atoms with Crippen molar-refractivity contribution in [2.45, 2.75) is 64.6 Å². The van der Waals surface area contributed by atoms with Crippen LogP contribution in [0.1, 0.15) is 67.2 Å². The number of imidazole rings is 1. The Morgan fingerprint density at radius 1 is 1.11 bits per heavy atom. The molecule has 0 spiro atoms. The van der Waals surface area contributed by atoms with Gasteiger partial charge in [0.15, 0.2) is 0 Å². The van der Waals surface area contributed by atoms with E-state index in [9.17, 15) is 18.4 Å². The van der Waals surface area contributed by atoms with Crippen molar-refractivity contribution in [3.05, 3.63) is 77.1 Å². The van der Waals surface area contributed by atoms with E-state index in [0.29, 0.717) is 36.5 Å². The molecule has 1 aliphatic heterocycles. The minimum absolute atomic E-state index is 0.0304. The summed E-state index contributed by atoms with van der Waals surface area (Å²) in [5.74, 6) is -0.699. The van der Waals surface area contributed by atoms with Crippen molar-refractivity contribution in [2.24, 2.45) is 0 Å². The Morgan fingerprint density at radius 2 is 1.77 bits per heavy atom. The summed E-state index contributed by atoms with van der Waals surface area (Å²) in [4.78, 5) is 29.6. The van der Waals surface area contributed by atoms with Crippen molar-refractivity contribution < 1.29 is 23.1 Å². The maximum atomic E-state index is 13.6. The van der Waals surface area contributed by atoms with Crippen LogP contribution in [0.5, 0.6) is 0 Å². The summed E-state index contributed by atoms with van der Waals surface area (Å²) >= 11 is 0. The molecule has 6 nitrogen and oxygen atoms in total. The van der Waals surface area contributed by atoms with Gasteiger partial charge in [0, 0.05) is 31.5 Å². The lowest BCUT2D eigenvalue weighted by atomic mass is 10.0. The Balaban J connectivity index is 1.65. The van der Waals surface area contributed by atoms with Crippen LogP contribution in [-0.4, -0.2) is 27.5 Å². The normalized spacial score (nSPS) is 15.8. The molecule has 1 N–H and O–H groups in total. The van der Waals surface area contributed by atoms with Gasteiger partial charge in [-0.05, 0) is 60.7 Å². The van der Waals surface area contributed by atoms with E-state index in [2.05, 4.69) is 5.32 Å². The molecule has 3 aromatic rings. The minimum atomic E-state index is -0.359. The van der Waals surface area contributed by atoms with Crippen molar-refractivity contribution in [3.8, 4) is 11.4 Å².